The summed E-state index contributed by atoms with van der Waals surface area (Å²) >= 11 is 6.13. The van der Waals surface area contributed by atoms with Gasteiger partial charge in [0.05, 0.1) is 6.20 Å². The number of carbonyl (C=O) groups excluding carboxylic acids is 1. The molecule has 1 N–H and O–H groups in total. The minimum Gasteiger partial charge on any atom is -0.307 e. The maximum atomic E-state index is 12.1. The number of aryl methyl sites for hydroxylation is 1. The molecule has 1 amide bonds. The number of rotatable bonds is 5. The molecule has 1 aromatic heterocycles. The van der Waals surface area contributed by atoms with Crippen LogP contribution in [0.2, 0.25) is 5.02 Å². The maximum absolute atomic E-state index is 12.1. The summed E-state index contributed by atoms with van der Waals surface area (Å²) in [5.41, 5.74) is 1.68. The predicted octanol–water partition coefficient (Wildman–Crippen LogP) is 3.99. The quantitative estimate of drug-likeness (QED) is 0.849. The van der Waals surface area contributed by atoms with E-state index in [1.54, 1.807) is 23.0 Å². The highest BCUT2D eigenvalue weighted by Crippen LogP contribution is 2.23. The van der Waals surface area contributed by atoms with Crippen molar-refractivity contribution in [3.63, 3.8) is 0 Å². The lowest BCUT2D eigenvalue weighted by Gasteiger charge is -2.07. The Bertz CT molecular complexity index is 661. The van der Waals surface area contributed by atoms with Gasteiger partial charge in [-0.1, -0.05) is 36.7 Å². The van der Waals surface area contributed by atoms with Gasteiger partial charge in [0.1, 0.15) is 5.82 Å². The van der Waals surface area contributed by atoms with E-state index >= 15 is 0 Å². The van der Waals surface area contributed by atoms with Gasteiger partial charge >= 0.3 is 0 Å². The Balaban J connectivity index is 2.12. The number of carbonyl (C=O) groups is 1. The zero-order chi connectivity index (χ0) is 15.2. The second-order valence-corrected chi connectivity index (χ2v) is 5.14. The van der Waals surface area contributed by atoms with Crippen LogP contribution >= 0.6 is 11.6 Å². The molecule has 0 fully saturated rings. The zero-order valence-electron chi connectivity index (χ0n) is 12.1. The average Bonchev–Trinajstić information content (AvgIpc) is 2.86. The van der Waals surface area contributed by atoms with Crippen molar-refractivity contribution < 1.29 is 4.79 Å². The van der Waals surface area contributed by atoms with Crippen molar-refractivity contribution in [1.82, 2.24) is 9.78 Å². The van der Waals surface area contributed by atoms with Gasteiger partial charge in [0.15, 0.2) is 0 Å². The number of anilines is 1. The van der Waals surface area contributed by atoms with Gasteiger partial charge in [0, 0.05) is 23.7 Å². The smallest absolute Gasteiger partial charge is 0.249 e. The second kappa shape index (κ2) is 7.09. The molecule has 0 atom stereocenters. The molecule has 21 heavy (non-hydrogen) atoms. The molecule has 0 saturated heterocycles. The topological polar surface area (TPSA) is 46.9 Å². The van der Waals surface area contributed by atoms with Gasteiger partial charge in [-0.3, -0.25) is 4.79 Å². The monoisotopic (exact) mass is 303 g/mol. The number of amides is 1. The van der Waals surface area contributed by atoms with E-state index in [1.165, 1.54) is 0 Å². The van der Waals surface area contributed by atoms with Gasteiger partial charge < -0.3 is 5.32 Å². The lowest BCUT2D eigenvalue weighted by molar-refractivity contribution is -0.111. The molecule has 0 unspecified atom stereocenters. The molecule has 0 aliphatic heterocycles. The molecule has 5 heteroatoms. The molecule has 0 saturated carbocycles. The Kier molecular flexibility index (Phi) is 5.17. The van der Waals surface area contributed by atoms with E-state index in [0.717, 1.165) is 24.1 Å². The van der Waals surface area contributed by atoms with Crippen molar-refractivity contribution in [2.24, 2.45) is 0 Å². The molecule has 0 bridgehead atoms. The number of benzene rings is 1. The molecule has 0 aliphatic rings. The Labute approximate surface area is 129 Å². The lowest BCUT2D eigenvalue weighted by Crippen LogP contribution is -2.13. The van der Waals surface area contributed by atoms with Gasteiger partial charge in [-0.15, -0.1) is 0 Å². The number of allylic oxidation sites excluding steroid dienone is 1. The van der Waals surface area contributed by atoms with Crippen LogP contribution in [0.3, 0.4) is 0 Å². The van der Waals surface area contributed by atoms with Crippen molar-refractivity contribution in [2.75, 3.05) is 5.32 Å². The van der Waals surface area contributed by atoms with E-state index in [0.29, 0.717) is 10.8 Å². The Hall–Kier alpha value is -2.07. The minimum absolute atomic E-state index is 0.190. The third-order valence-corrected chi connectivity index (χ3v) is 3.38. The van der Waals surface area contributed by atoms with Gasteiger partial charge in [-0.2, -0.15) is 5.10 Å². The number of nitrogens with zero attached hydrogens (tertiary/aromatic N) is 2. The molecule has 0 spiro atoms. The van der Waals surface area contributed by atoms with E-state index in [1.807, 2.05) is 31.2 Å². The molecule has 1 heterocycles. The fourth-order valence-corrected chi connectivity index (χ4v) is 2.33. The van der Waals surface area contributed by atoms with Crippen LogP contribution in [0.1, 0.15) is 25.8 Å². The molecule has 4 nitrogen and oxygen atoms in total. The van der Waals surface area contributed by atoms with Crippen molar-refractivity contribution in [3.05, 3.63) is 53.2 Å². The summed E-state index contributed by atoms with van der Waals surface area (Å²) in [5.74, 6) is 0.510. The number of hydrogen-bond acceptors (Lipinski definition) is 2. The van der Waals surface area contributed by atoms with Crippen molar-refractivity contribution in [2.45, 2.75) is 26.8 Å². The Morgan fingerprint density at radius 1 is 1.38 bits per heavy atom. The fourth-order valence-electron chi connectivity index (χ4n) is 2.05. The molecule has 0 radical (unpaired) electrons. The molecule has 110 valence electrons. The number of aromatic nitrogens is 2. The Morgan fingerprint density at radius 3 is 2.86 bits per heavy atom. The standard InChI is InChI=1S/C16H18ClN3O/c1-3-10-20-15(8-9-18-20)19-16(21)11-12(2)13-6-4-5-7-14(13)17/h4-9,11H,3,10H2,1-2H3,(H,19,21)/b12-11-. The number of halogens is 1. The first kappa shape index (κ1) is 15.3. The molecule has 2 rings (SSSR count). The Morgan fingerprint density at radius 2 is 2.14 bits per heavy atom. The summed E-state index contributed by atoms with van der Waals surface area (Å²) in [5, 5.41) is 7.64. The fraction of sp³-hybridized carbons (Fsp3) is 0.250. The SMILES string of the molecule is CCCn1nccc1NC(=O)/C=C(/C)c1ccccc1Cl. The first-order valence-corrected chi connectivity index (χ1v) is 7.25. The van der Waals surface area contributed by atoms with Gasteiger partial charge in [0.2, 0.25) is 5.91 Å². The molecular weight excluding hydrogens is 286 g/mol. The van der Waals surface area contributed by atoms with Crippen LogP contribution in [0.5, 0.6) is 0 Å². The summed E-state index contributed by atoms with van der Waals surface area (Å²) in [6.45, 7) is 4.70. The van der Waals surface area contributed by atoms with Gasteiger partial charge in [-0.25, -0.2) is 4.68 Å². The van der Waals surface area contributed by atoms with E-state index in [2.05, 4.69) is 17.3 Å². The first-order valence-electron chi connectivity index (χ1n) is 6.87. The van der Waals surface area contributed by atoms with Crippen molar-refractivity contribution in [3.8, 4) is 0 Å². The summed E-state index contributed by atoms with van der Waals surface area (Å²) in [6.07, 6.45) is 4.18. The number of nitrogens with one attached hydrogen (secondary N) is 1. The largest absolute Gasteiger partial charge is 0.307 e. The van der Waals surface area contributed by atoms with Crippen molar-refractivity contribution in [1.29, 1.82) is 0 Å². The highest BCUT2D eigenvalue weighted by molar-refractivity contribution is 6.32. The van der Waals surface area contributed by atoms with Crippen LogP contribution in [0.4, 0.5) is 5.82 Å². The highest BCUT2D eigenvalue weighted by atomic mass is 35.5. The summed E-state index contributed by atoms with van der Waals surface area (Å²) in [4.78, 5) is 12.1. The summed E-state index contributed by atoms with van der Waals surface area (Å²) in [7, 11) is 0. The third kappa shape index (κ3) is 3.95. The van der Waals surface area contributed by atoms with Crippen LogP contribution in [0.15, 0.2) is 42.6 Å². The van der Waals surface area contributed by atoms with Crippen LogP contribution in [-0.2, 0) is 11.3 Å². The van der Waals surface area contributed by atoms with Crippen LogP contribution in [-0.4, -0.2) is 15.7 Å². The molecule has 2 aromatic rings. The van der Waals surface area contributed by atoms with E-state index < -0.39 is 0 Å². The second-order valence-electron chi connectivity index (χ2n) is 4.74. The molecule has 0 aliphatic carbocycles. The summed E-state index contributed by atoms with van der Waals surface area (Å²) < 4.78 is 1.77. The normalized spacial score (nSPS) is 11.5. The van der Waals surface area contributed by atoms with Crippen LogP contribution in [0.25, 0.3) is 5.57 Å². The first-order chi connectivity index (χ1) is 10.1. The minimum atomic E-state index is -0.190. The molecule has 1 aromatic carbocycles. The van der Waals surface area contributed by atoms with E-state index in [9.17, 15) is 4.79 Å². The number of hydrogen-bond donors (Lipinski definition) is 1. The maximum Gasteiger partial charge on any atom is 0.249 e. The van der Waals surface area contributed by atoms with Gasteiger partial charge in [-0.05, 0) is 30.5 Å². The summed E-state index contributed by atoms with van der Waals surface area (Å²) in [6, 6.07) is 9.24. The van der Waals surface area contributed by atoms with Gasteiger partial charge in [0.25, 0.3) is 0 Å². The van der Waals surface area contributed by atoms with Crippen molar-refractivity contribution >= 4 is 28.9 Å². The molecular formula is C16H18ClN3O. The predicted molar refractivity (Wildman–Crippen MR) is 86.3 cm³/mol. The van der Waals surface area contributed by atoms with Crippen LogP contribution < -0.4 is 5.32 Å². The lowest BCUT2D eigenvalue weighted by atomic mass is 10.1. The van der Waals surface area contributed by atoms with Crippen LogP contribution in [0, 0.1) is 0 Å². The zero-order valence-corrected chi connectivity index (χ0v) is 12.9. The highest BCUT2D eigenvalue weighted by Gasteiger charge is 2.07. The third-order valence-electron chi connectivity index (χ3n) is 3.05. The van der Waals surface area contributed by atoms with E-state index in [4.69, 9.17) is 11.6 Å². The van der Waals surface area contributed by atoms with E-state index in [-0.39, 0.29) is 5.91 Å². The average molecular weight is 304 g/mol.